The van der Waals surface area contributed by atoms with E-state index in [1.165, 1.54) is 4.88 Å². The van der Waals surface area contributed by atoms with Crippen LogP contribution in [0.1, 0.15) is 31.6 Å². The van der Waals surface area contributed by atoms with Gasteiger partial charge in [0.25, 0.3) is 0 Å². The Hall–Kier alpha value is -0.650. The van der Waals surface area contributed by atoms with E-state index in [-0.39, 0.29) is 6.10 Å². The Morgan fingerprint density at radius 2 is 2.44 bits per heavy atom. The van der Waals surface area contributed by atoms with Crippen LogP contribution in [0.3, 0.4) is 0 Å². The lowest BCUT2D eigenvalue weighted by Crippen LogP contribution is -2.41. The minimum absolute atomic E-state index is 0.121. The zero-order valence-electron chi connectivity index (χ0n) is 11.2. The first-order valence-corrected chi connectivity index (χ1v) is 7.59. The lowest BCUT2D eigenvalue weighted by atomic mass is 9.97. The minimum Gasteiger partial charge on any atom is -0.393 e. The molecular formula is C13H23N3OS. The molecule has 1 aliphatic rings. The third-order valence-corrected chi connectivity index (χ3v) is 4.34. The van der Waals surface area contributed by atoms with Gasteiger partial charge >= 0.3 is 0 Å². The summed E-state index contributed by atoms with van der Waals surface area (Å²) >= 11 is 1.74. The average Bonchev–Trinajstić information content (AvgIpc) is 2.79. The van der Waals surface area contributed by atoms with E-state index in [1.807, 2.05) is 6.20 Å². The molecule has 1 saturated heterocycles. The number of nitrogens with one attached hydrogen (secondary N) is 1. The quantitative estimate of drug-likeness (QED) is 0.860. The van der Waals surface area contributed by atoms with Crippen molar-refractivity contribution in [3.8, 4) is 0 Å². The van der Waals surface area contributed by atoms with E-state index in [9.17, 15) is 5.11 Å². The van der Waals surface area contributed by atoms with Gasteiger partial charge in [-0.25, -0.2) is 4.98 Å². The van der Waals surface area contributed by atoms with E-state index in [0.29, 0.717) is 5.92 Å². The highest BCUT2D eigenvalue weighted by molar-refractivity contribution is 7.15. The zero-order chi connectivity index (χ0) is 13.0. The third-order valence-electron chi connectivity index (χ3n) is 3.40. The fourth-order valence-electron chi connectivity index (χ4n) is 2.28. The van der Waals surface area contributed by atoms with Gasteiger partial charge in [0.05, 0.1) is 6.10 Å². The largest absolute Gasteiger partial charge is 0.393 e. The zero-order valence-corrected chi connectivity index (χ0v) is 12.0. The molecule has 18 heavy (non-hydrogen) atoms. The Labute approximate surface area is 113 Å². The van der Waals surface area contributed by atoms with Crippen molar-refractivity contribution in [1.29, 1.82) is 0 Å². The second-order valence-corrected chi connectivity index (χ2v) is 6.24. The Morgan fingerprint density at radius 1 is 1.61 bits per heavy atom. The first-order chi connectivity index (χ1) is 8.69. The van der Waals surface area contributed by atoms with Gasteiger partial charge in [-0.15, -0.1) is 11.3 Å². The number of aromatic nitrogens is 1. The molecule has 2 rings (SSSR count). The van der Waals surface area contributed by atoms with Crippen LogP contribution in [-0.4, -0.2) is 40.7 Å². The van der Waals surface area contributed by atoms with Crippen molar-refractivity contribution in [3.63, 3.8) is 0 Å². The van der Waals surface area contributed by atoms with Gasteiger partial charge in [-0.05, 0) is 18.8 Å². The molecule has 1 aromatic rings. The van der Waals surface area contributed by atoms with E-state index < -0.39 is 0 Å². The molecule has 1 fully saturated rings. The van der Waals surface area contributed by atoms with Crippen LogP contribution in [-0.2, 0) is 6.54 Å². The predicted octanol–water partition coefficient (Wildman–Crippen LogP) is 2.17. The summed E-state index contributed by atoms with van der Waals surface area (Å²) in [5.41, 5.74) is 0. The number of hydrogen-bond acceptors (Lipinski definition) is 5. The van der Waals surface area contributed by atoms with Crippen LogP contribution >= 0.6 is 11.3 Å². The Balaban J connectivity index is 1.84. The van der Waals surface area contributed by atoms with Gasteiger partial charge in [-0.1, -0.05) is 13.8 Å². The van der Waals surface area contributed by atoms with Crippen molar-refractivity contribution in [1.82, 2.24) is 9.88 Å². The van der Waals surface area contributed by atoms with Crippen molar-refractivity contribution < 1.29 is 5.11 Å². The number of anilines is 1. The highest BCUT2D eigenvalue weighted by Crippen LogP contribution is 2.23. The van der Waals surface area contributed by atoms with Gasteiger partial charge in [0.1, 0.15) is 0 Å². The highest BCUT2D eigenvalue weighted by Gasteiger charge is 2.24. The molecule has 102 valence electrons. The van der Waals surface area contributed by atoms with Crippen LogP contribution in [0.15, 0.2) is 6.20 Å². The fraction of sp³-hybridized carbons (Fsp3) is 0.769. The number of aliphatic hydroxyl groups excluding tert-OH is 1. The standard InChI is InChI=1S/C13H23N3OS/c1-3-5-14-13-15-7-11(18-13)9-16-6-4-12(17)10(2)8-16/h7,10,12,17H,3-6,8-9H2,1-2H3,(H,14,15). The summed E-state index contributed by atoms with van der Waals surface area (Å²) in [6, 6.07) is 0. The molecule has 2 heterocycles. The Kier molecular flexibility index (Phi) is 4.97. The monoisotopic (exact) mass is 269 g/mol. The van der Waals surface area contributed by atoms with Crippen LogP contribution in [0.4, 0.5) is 5.13 Å². The molecule has 2 unspecified atom stereocenters. The predicted molar refractivity (Wildman–Crippen MR) is 76.0 cm³/mol. The molecule has 0 bridgehead atoms. The van der Waals surface area contributed by atoms with Crippen LogP contribution in [0.2, 0.25) is 0 Å². The normalized spacial score (nSPS) is 25.3. The van der Waals surface area contributed by atoms with Crippen molar-refractivity contribution in [2.45, 2.75) is 39.3 Å². The first-order valence-electron chi connectivity index (χ1n) is 6.78. The molecule has 0 amide bonds. The van der Waals surface area contributed by atoms with Crippen LogP contribution in [0.25, 0.3) is 0 Å². The number of hydrogen-bond donors (Lipinski definition) is 2. The second kappa shape index (κ2) is 6.50. The summed E-state index contributed by atoms with van der Waals surface area (Å²) in [5, 5.41) is 14.1. The Bertz CT molecular complexity index is 369. The topological polar surface area (TPSA) is 48.4 Å². The smallest absolute Gasteiger partial charge is 0.182 e. The summed E-state index contributed by atoms with van der Waals surface area (Å²) in [6.07, 6.45) is 3.86. The van der Waals surface area contributed by atoms with Gasteiger partial charge in [-0.2, -0.15) is 0 Å². The van der Waals surface area contributed by atoms with E-state index in [4.69, 9.17) is 0 Å². The Morgan fingerprint density at radius 3 is 3.17 bits per heavy atom. The molecule has 0 aromatic carbocycles. The molecular weight excluding hydrogens is 246 g/mol. The van der Waals surface area contributed by atoms with E-state index in [1.54, 1.807) is 11.3 Å². The maximum absolute atomic E-state index is 9.72. The lowest BCUT2D eigenvalue weighted by Gasteiger charge is -2.33. The highest BCUT2D eigenvalue weighted by atomic mass is 32.1. The summed E-state index contributed by atoms with van der Waals surface area (Å²) < 4.78 is 0. The van der Waals surface area contributed by atoms with Crippen LogP contribution in [0.5, 0.6) is 0 Å². The number of aliphatic hydroxyl groups is 1. The summed E-state index contributed by atoms with van der Waals surface area (Å²) in [7, 11) is 0. The first kappa shape index (κ1) is 13.8. The maximum atomic E-state index is 9.72. The third kappa shape index (κ3) is 3.67. The van der Waals surface area contributed by atoms with Crippen LogP contribution in [0, 0.1) is 5.92 Å². The van der Waals surface area contributed by atoms with Gasteiger partial charge < -0.3 is 10.4 Å². The van der Waals surface area contributed by atoms with Crippen molar-refractivity contribution in [3.05, 3.63) is 11.1 Å². The molecule has 2 atom stereocenters. The number of piperidine rings is 1. The average molecular weight is 269 g/mol. The van der Waals surface area contributed by atoms with Crippen LogP contribution < -0.4 is 5.32 Å². The van der Waals surface area contributed by atoms with Gasteiger partial charge in [0, 0.05) is 37.3 Å². The number of thiazole rings is 1. The van der Waals surface area contributed by atoms with E-state index in [0.717, 1.165) is 44.2 Å². The maximum Gasteiger partial charge on any atom is 0.182 e. The van der Waals surface area contributed by atoms with Gasteiger partial charge in [0.15, 0.2) is 5.13 Å². The SMILES string of the molecule is CCCNc1ncc(CN2CCC(O)C(C)C2)s1. The molecule has 0 radical (unpaired) electrons. The molecule has 0 saturated carbocycles. The molecule has 0 aliphatic carbocycles. The van der Waals surface area contributed by atoms with Gasteiger partial charge in [-0.3, -0.25) is 4.90 Å². The lowest BCUT2D eigenvalue weighted by molar-refractivity contribution is 0.0324. The number of rotatable bonds is 5. The molecule has 2 N–H and O–H groups in total. The minimum atomic E-state index is -0.121. The molecule has 1 aliphatic heterocycles. The molecule has 1 aromatic heterocycles. The van der Waals surface area contributed by atoms with Crippen molar-refractivity contribution in [2.75, 3.05) is 25.0 Å². The molecule has 4 nitrogen and oxygen atoms in total. The molecule has 5 heteroatoms. The second-order valence-electron chi connectivity index (χ2n) is 5.13. The fourth-order valence-corrected chi connectivity index (χ4v) is 3.16. The molecule has 0 spiro atoms. The summed E-state index contributed by atoms with van der Waals surface area (Å²) in [4.78, 5) is 8.10. The summed E-state index contributed by atoms with van der Waals surface area (Å²) in [5.74, 6) is 0.379. The summed E-state index contributed by atoms with van der Waals surface area (Å²) in [6.45, 7) is 8.19. The number of nitrogens with zero attached hydrogens (tertiary/aromatic N) is 2. The van der Waals surface area contributed by atoms with E-state index >= 15 is 0 Å². The van der Waals surface area contributed by atoms with Crippen molar-refractivity contribution in [2.24, 2.45) is 5.92 Å². The van der Waals surface area contributed by atoms with Gasteiger partial charge in [0.2, 0.25) is 0 Å². The van der Waals surface area contributed by atoms with Crippen molar-refractivity contribution >= 4 is 16.5 Å². The number of likely N-dealkylation sites (tertiary alicyclic amines) is 1. The van der Waals surface area contributed by atoms with E-state index in [2.05, 4.69) is 29.0 Å².